The van der Waals surface area contributed by atoms with E-state index in [0.29, 0.717) is 6.42 Å². The Hall–Kier alpha value is -0.330. The lowest BCUT2D eigenvalue weighted by atomic mass is 10.1. The molecule has 0 rings (SSSR count). The van der Waals surface area contributed by atoms with Crippen LogP contribution in [0.4, 0.5) is 0 Å². The van der Waals surface area contributed by atoms with Gasteiger partial charge in [0.2, 0.25) is 0 Å². The Balaban J connectivity index is 2.95. The molecular formula is C12H23O. The Morgan fingerprint density at radius 2 is 1.38 bits per heavy atom. The molecule has 0 aromatic heterocycles. The average Bonchev–Trinajstić information content (AvgIpc) is 2.21. The SMILES string of the molecule is [2H]C([C]=O)CCCCCCCCCC. The van der Waals surface area contributed by atoms with Crippen molar-refractivity contribution in [3.05, 3.63) is 0 Å². The Morgan fingerprint density at radius 3 is 1.85 bits per heavy atom. The lowest BCUT2D eigenvalue weighted by Gasteiger charge is -1.99. The molecule has 1 nitrogen and oxygen atoms in total. The van der Waals surface area contributed by atoms with E-state index in [9.17, 15) is 4.79 Å². The van der Waals surface area contributed by atoms with Crippen LogP contribution in [-0.2, 0) is 4.79 Å². The molecule has 0 aromatic rings. The first-order chi connectivity index (χ1) is 6.81. The highest BCUT2D eigenvalue weighted by atomic mass is 16.1. The standard InChI is InChI=1S/C12H23O/c1-2-3-4-5-6-7-8-9-10-11-12-13/h2-11H2,1H3/i11D. The van der Waals surface area contributed by atoms with E-state index >= 15 is 0 Å². The lowest BCUT2D eigenvalue weighted by Crippen LogP contribution is -1.81. The summed E-state index contributed by atoms with van der Waals surface area (Å²) in [5, 5.41) is 0. The maximum atomic E-state index is 10.0. The van der Waals surface area contributed by atoms with E-state index < -0.39 is 6.40 Å². The second kappa shape index (κ2) is 11.7. The van der Waals surface area contributed by atoms with Gasteiger partial charge >= 0.3 is 0 Å². The first kappa shape index (κ1) is 10.7. The highest BCUT2D eigenvalue weighted by Crippen LogP contribution is 2.09. The van der Waals surface area contributed by atoms with E-state index in [-0.39, 0.29) is 0 Å². The number of rotatable bonds is 10. The van der Waals surface area contributed by atoms with Gasteiger partial charge in [-0.15, -0.1) is 0 Å². The number of hydrogen-bond donors (Lipinski definition) is 0. The van der Waals surface area contributed by atoms with Crippen molar-refractivity contribution in [1.82, 2.24) is 0 Å². The van der Waals surface area contributed by atoms with Gasteiger partial charge in [-0.2, -0.15) is 0 Å². The first-order valence-corrected chi connectivity index (χ1v) is 5.61. The van der Waals surface area contributed by atoms with E-state index in [0.717, 1.165) is 6.42 Å². The lowest BCUT2D eigenvalue weighted by molar-refractivity contribution is 0.538. The molecule has 0 heterocycles. The van der Waals surface area contributed by atoms with Crippen LogP contribution < -0.4 is 0 Å². The van der Waals surface area contributed by atoms with E-state index in [1.807, 2.05) is 0 Å². The summed E-state index contributed by atoms with van der Waals surface area (Å²) in [7, 11) is 0. The molecule has 1 atom stereocenters. The van der Waals surface area contributed by atoms with E-state index in [2.05, 4.69) is 6.92 Å². The second-order valence-electron chi connectivity index (χ2n) is 3.59. The van der Waals surface area contributed by atoms with Gasteiger partial charge in [-0.3, -0.25) is 4.79 Å². The molecular weight excluding hydrogens is 160 g/mol. The Labute approximate surface area is 84.3 Å². The monoisotopic (exact) mass is 184 g/mol. The molecule has 0 saturated heterocycles. The van der Waals surface area contributed by atoms with Crippen LogP contribution in [0.2, 0.25) is 0 Å². The van der Waals surface area contributed by atoms with Crippen molar-refractivity contribution >= 4 is 6.29 Å². The molecule has 0 N–H and O–H groups in total. The minimum atomic E-state index is -0.602. The van der Waals surface area contributed by atoms with Gasteiger partial charge in [-0.05, 0) is 6.42 Å². The van der Waals surface area contributed by atoms with Gasteiger partial charge in [-0.1, -0.05) is 58.3 Å². The van der Waals surface area contributed by atoms with Crippen LogP contribution in [0.25, 0.3) is 0 Å². The minimum absolute atomic E-state index is 0.602. The Kier molecular flexibility index (Phi) is 9.65. The van der Waals surface area contributed by atoms with Crippen molar-refractivity contribution in [3.63, 3.8) is 0 Å². The third kappa shape index (κ3) is 11.7. The summed E-state index contributed by atoms with van der Waals surface area (Å²) < 4.78 is 7.17. The fraction of sp³-hybridized carbons (Fsp3) is 0.917. The minimum Gasteiger partial charge on any atom is -0.291 e. The molecule has 1 radical (unpaired) electrons. The van der Waals surface area contributed by atoms with E-state index in [4.69, 9.17) is 1.37 Å². The number of unbranched alkanes of at least 4 members (excludes halogenated alkanes) is 7. The quantitative estimate of drug-likeness (QED) is 0.469. The predicted octanol–water partition coefficient (Wildman–Crippen LogP) is 4.02. The molecule has 1 heteroatoms. The van der Waals surface area contributed by atoms with Gasteiger partial charge in [0.15, 0.2) is 6.29 Å². The maximum absolute atomic E-state index is 10.0. The van der Waals surface area contributed by atoms with Crippen LogP contribution in [0.15, 0.2) is 0 Å². The van der Waals surface area contributed by atoms with Crippen LogP contribution in [0, 0.1) is 0 Å². The maximum Gasteiger partial charge on any atom is 0.198 e. The van der Waals surface area contributed by atoms with Crippen LogP contribution >= 0.6 is 0 Å². The zero-order chi connectivity index (χ0) is 10.6. The molecule has 0 amide bonds. The molecule has 1 unspecified atom stereocenters. The van der Waals surface area contributed by atoms with E-state index in [1.165, 1.54) is 44.9 Å². The van der Waals surface area contributed by atoms with Crippen LogP contribution in [0.3, 0.4) is 0 Å². The zero-order valence-corrected chi connectivity index (χ0v) is 8.85. The van der Waals surface area contributed by atoms with Crippen LogP contribution in [-0.4, -0.2) is 6.29 Å². The topological polar surface area (TPSA) is 17.1 Å². The average molecular weight is 184 g/mol. The third-order valence-corrected chi connectivity index (χ3v) is 2.29. The van der Waals surface area contributed by atoms with E-state index in [1.54, 1.807) is 6.29 Å². The number of carbonyl (C=O) groups excluding carboxylic acids is 1. The fourth-order valence-electron chi connectivity index (χ4n) is 1.44. The van der Waals surface area contributed by atoms with Crippen molar-refractivity contribution < 1.29 is 6.17 Å². The second-order valence-corrected chi connectivity index (χ2v) is 3.59. The van der Waals surface area contributed by atoms with Gasteiger partial charge in [-0.25, -0.2) is 0 Å². The Morgan fingerprint density at radius 1 is 0.923 bits per heavy atom. The molecule has 0 aliphatic carbocycles. The molecule has 0 spiro atoms. The molecule has 0 aliphatic heterocycles. The van der Waals surface area contributed by atoms with Crippen LogP contribution in [0.5, 0.6) is 0 Å². The summed E-state index contributed by atoms with van der Waals surface area (Å²) >= 11 is 0. The summed E-state index contributed by atoms with van der Waals surface area (Å²) in [6.45, 7) is 2.23. The molecule has 0 bridgehead atoms. The third-order valence-electron chi connectivity index (χ3n) is 2.29. The largest absolute Gasteiger partial charge is 0.291 e. The molecule has 13 heavy (non-hydrogen) atoms. The molecule has 0 aromatic carbocycles. The van der Waals surface area contributed by atoms with Gasteiger partial charge in [0, 0.05) is 7.77 Å². The predicted molar refractivity (Wildman–Crippen MR) is 57.5 cm³/mol. The van der Waals surface area contributed by atoms with Crippen molar-refractivity contribution in [2.75, 3.05) is 0 Å². The van der Waals surface area contributed by atoms with Gasteiger partial charge < -0.3 is 0 Å². The van der Waals surface area contributed by atoms with Gasteiger partial charge in [0.05, 0.1) is 0 Å². The smallest absolute Gasteiger partial charge is 0.198 e. The first-order valence-electron chi connectivity index (χ1n) is 6.19. The summed E-state index contributed by atoms with van der Waals surface area (Å²) in [5.74, 6) is 0. The number of hydrogen-bond acceptors (Lipinski definition) is 1. The molecule has 0 fully saturated rings. The van der Waals surface area contributed by atoms with Gasteiger partial charge in [0.25, 0.3) is 0 Å². The summed E-state index contributed by atoms with van der Waals surface area (Å²) in [6.07, 6.45) is 11.9. The van der Waals surface area contributed by atoms with Crippen LogP contribution in [0.1, 0.15) is 72.5 Å². The zero-order valence-electron chi connectivity index (χ0n) is 9.85. The van der Waals surface area contributed by atoms with Crippen molar-refractivity contribution in [2.24, 2.45) is 0 Å². The van der Waals surface area contributed by atoms with Gasteiger partial charge in [0.1, 0.15) is 0 Å². The Bertz CT molecular complexity index is 125. The highest BCUT2D eigenvalue weighted by molar-refractivity contribution is 5.50. The summed E-state index contributed by atoms with van der Waals surface area (Å²) in [4.78, 5) is 10.0. The molecule has 77 valence electrons. The summed E-state index contributed by atoms with van der Waals surface area (Å²) in [5.41, 5.74) is 0. The van der Waals surface area contributed by atoms with Crippen molar-refractivity contribution in [3.8, 4) is 0 Å². The summed E-state index contributed by atoms with van der Waals surface area (Å²) in [6, 6.07) is 0. The molecule has 0 aliphatic rings. The highest BCUT2D eigenvalue weighted by Gasteiger charge is 1.91. The normalized spacial score (nSPS) is 13.8. The van der Waals surface area contributed by atoms with Crippen molar-refractivity contribution in [1.29, 1.82) is 0 Å². The molecule has 0 saturated carbocycles. The van der Waals surface area contributed by atoms with Crippen molar-refractivity contribution in [2.45, 2.75) is 71.1 Å². The fourth-order valence-corrected chi connectivity index (χ4v) is 1.44.